The number of benzene rings is 1. The van der Waals surface area contributed by atoms with Gasteiger partial charge < -0.3 is 9.47 Å². The minimum atomic E-state index is -3.14. The zero-order chi connectivity index (χ0) is 24.9. The molecule has 1 aromatic carbocycles. The van der Waals surface area contributed by atoms with Gasteiger partial charge in [0.05, 0.1) is 19.3 Å². The van der Waals surface area contributed by atoms with Gasteiger partial charge in [-0.2, -0.15) is 0 Å². The average molecular weight is 493 g/mol. The van der Waals surface area contributed by atoms with Gasteiger partial charge in [-0.25, -0.2) is 22.0 Å². The van der Waals surface area contributed by atoms with Crippen LogP contribution in [0.25, 0.3) is 0 Å². The van der Waals surface area contributed by atoms with Crippen molar-refractivity contribution in [2.24, 2.45) is 0 Å². The monoisotopic (exact) mass is 492 g/mol. The van der Waals surface area contributed by atoms with Gasteiger partial charge in [-0.3, -0.25) is 0 Å². The standard InChI is InChI=1S/C25H37F5O2Si/c1-19(2)32-17-16-31-15-13-11-9-7-5-6-8-10-12-14-18-33(3,4)25-23(29)21(27)20(26)22(28)24(25)30/h19H,5-13,15-17H2,1-4H3. The van der Waals surface area contributed by atoms with Crippen molar-refractivity contribution >= 4 is 13.3 Å². The minimum absolute atomic E-state index is 0.238. The SMILES string of the molecule is CC(C)OCCOCCCCCCCCCCC#C[Si](C)(C)c1c(F)c(F)c(F)c(F)c1F. The fourth-order valence-electron chi connectivity index (χ4n) is 3.42. The quantitative estimate of drug-likeness (QED) is 0.0670. The fraction of sp³-hybridized carbons (Fsp3) is 0.680. The Bertz CT molecular complexity index is 758. The van der Waals surface area contributed by atoms with Crippen LogP contribution in [0, 0.1) is 40.6 Å². The van der Waals surface area contributed by atoms with Gasteiger partial charge >= 0.3 is 0 Å². The molecule has 0 bridgehead atoms. The molecule has 1 rings (SSSR count). The molecule has 0 saturated heterocycles. The van der Waals surface area contributed by atoms with E-state index < -0.39 is 42.3 Å². The van der Waals surface area contributed by atoms with E-state index in [1.807, 2.05) is 13.8 Å². The zero-order valence-corrected chi connectivity index (χ0v) is 21.3. The first kappa shape index (κ1) is 29.6. The summed E-state index contributed by atoms with van der Waals surface area (Å²) in [6.45, 7) is 9.03. The van der Waals surface area contributed by atoms with Crippen molar-refractivity contribution < 1.29 is 31.4 Å². The molecule has 0 aliphatic rings. The highest BCUT2D eigenvalue weighted by Crippen LogP contribution is 2.19. The van der Waals surface area contributed by atoms with Crippen LogP contribution in [0.4, 0.5) is 22.0 Å². The molecule has 33 heavy (non-hydrogen) atoms. The first-order chi connectivity index (χ1) is 15.6. The molecule has 0 aliphatic carbocycles. The molecule has 0 N–H and O–H groups in total. The molecule has 0 aliphatic heterocycles. The highest BCUT2D eigenvalue weighted by Gasteiger charge is 2.35. The van der Waals surface area contributed by atoms with Crippen molar-refractivity contribution in [3.63, 3.8) is 0 Å². The molecule has 0 heterocycles. The Kier molecular flexibility index (Phi) is 13.9. The molecule has 0 aromatic heterocycles. The van der Waals surface area contributed by atoms with Crippen molar-refractivity contribution in [1.82, 2.24) is 0 Å². The van der Waals surface area contributed by atoms with E-state index in [-0.39, 0.29) is 6.10 Å². The van der Waals surface area contributed by atoms with E-state index in [4.69, 9.17) is 9.47 Å². The maximum atomic E-state index is 14.1. The van der Waals surface area contributed by atoms with Gasteiger partial charge in [0.1, 0.15) is 0 Å². The van der Waals surface area contributed by atoms with Gasteiger partial charge in [0, 0.05) is 18.2 Å². The lowest BCUT2D eigenvalue weighted by Gasteiger charge is -2.18. The molecular weight excluding hydrogens is 455 g/mol. The molecule has 2 nitrogen and oxygen atoms in total. The predicted octanol–water partition coefficient (Wildman–Crippen LogP) is 6.79. The lowest BCUT2D eigenvalue weighted by molar-refractivity contribution is 0.0186. The Morgan fingerprint density at radius 2 is 1.15 bits per heavy atom. The molecular formula is C25H37F5O2Si. The lowest BCUT2D eigenvalue weighted by Crippen LogP contribution is -2.46. The summed E-state index contributed by atoms with van der Waals surface area (Å²) >= 11 is 0. The second-order valence-electron chi connectivity index (χ2n) is 8.98. The van der Waals surface area contributed by atoms with E-state index in [9.17, 15) is 22.0 Å². The Labute approximate surface area is 196 Å². The summed E-state index contributed by atoms with van der Waals surface area (Å²) in [6.07, 6.45) is 9.40. The van der Waals surface area contributed by atoms with Crippen LogP contribution in [-0.4, -0.2) is 34.0 Å². The molecule has 0 radical (unpaired) electrons. The van der Waals surface area contributed by atoms with Crippen molar-refractivity contribution in [2.75, 3.05) is 19.8 Å². The molecule has 188 valence electrons. The Balaban J connectivity index is 2.20. The van der Waals surface area contributed by atoms with Crippen molar-refractivity contribution in [3.8, 4) is 11.5 Å². The number of halogens is 5. The van der Waals surface area contributed by atoms with E-state index in [1.165, 1.54) is 25.9 Å². The smallest absolute Gasteiger partial charge is 0.200 e. The maximum Gasteiger partial charge on any atom is 0.200 e. The molecule has 0 atom stereocenters. The topological polar surface area (TPSA) is 18.5 Å². The largest absolute Gasteiger partial charge is 0.379 e. The van der Waals surface area contributed by atoms with E-state index in [2.05, 4.69) is 11.5 Å². The molecule has 0 spiro atoms. The third-order valence-corrected chi connectivity index (χ3v) is 7.75. The van der Waals surface area contributed by atoms with E-state index in [0.717, 1.165) is 45.1 Å². The summed E-state index contributed by atoms with van der Waals surface area (Å²) in [6, 6.07) is 0. The molecule has 0 fully saturated rings. The first-order valence-electron chi connectivity index (χ1n) is 11.8. The summed E-state index contributed by atoms with van der Waals surface area (Å²) in [7, 11) is -3.14. The second kappa shape index (κ2) is 15.5. The van der Waals surface area contributed by atoms with Gasteiger partial charge in [0.2, 0.25) is 5.82 Å². The first-order valence-corrected chi connectivity index (χ1v) is 14.8. The molecule has 1 aromatic rings. The minimum Gasteiger partial charge on any atom is -0.379 e. The third kappa shape index (κ3) is 10.6. The normalized spacial score (nSPS) is 11.7. The summed E-state index contributed by atoms with van der Waals surface area (Å²) in [5, 5.41) is -0.749. The molecule has 8 heteroatoms. The van der Waals surface area contributed by atoms with Crippen LogP contribution in [0.5, 0.6) is 0 Å². The summed E-state index contributed by atoms with van der Waals surface area (Å²) in [5.74, 6) is -6.57. The maximum absolute atomic E-state index is 14.1. The summed E-state index contributed by atoms with van der Waals surface area (Å²) < 4.78 is 79.2. The number of hydrogen-bond acceptors (Lipinski definition) is 2. The van der Waals surface area contributed by atoms with Gasteiger partial charge in [-0.1, -0.05) is 51.6 Å². The number of hydrogen-bond donors (Lipinski definition) is 0. The third-order valence-electron chi connectivity index (χ3n) is 5.25. The predicted molar refractivity (Wildman–Crippen MR) is 125 cm³/mol. The Morgan fingerprint density at radius 3 is 1.70 bits per heavy atom. The summed E-state index contributed by atoms with van der Waals surface area (Å²) in [4.78, 5) is 0. The van der Waals surface area contributed by atoms with Crippen LogP contribution in [0.15, 0.2) is 0 Å². The fourth-order valence-corrected chi connectivity index (χ4v) is 5.43. The van der Waals surface area contributed by atoms with Crippen molar-refractivity contribution in [3.05, 3.63) is 29.1 Å². The number of unbranched alkanes of at least 4 members (excludes halogenated alkanes) is 8. The van der Waals surface area contributed by atoms with Gasteiger partial charge in [-0.05, 0) is 26.7 Å². The number of ether oxygens (including phenoxy) is 2. The molecule has 0 amide bonds. The van der Waals surface area contributed by atoms with Gasteiger partial charge in [-0.15, -0.1) is 11.5 Å². The van der Waals surface area contributed by atoms with Gasteiger partial charge in [0.15, 0.2) is 31.3 Å². The van der Waals surface area contributed by atoms with E-state index in [0.29, 0.717) is 19.6 Å². The highest BCUT2D eigenvalue weighted by molar-refractivity contribution is 6.96. The van der Waals surface area contributed by atoms with Crippen molar-refractivity contribution in [1.29, 1.82) is 0 Å². The van der Waals surface area contributed by atoms with E-state index in [1.54, 1.807) is 0 Å². The second-order valence-corrected chi connectivity index (χ2v) is 13.0. The van der Waals surface area contributed by atoms with Gasteiger partial charge in [0.25, 0.3) is 0 Å². The van der Waals surface area contributed by atoms with Crippen LogP contribution in [0.1, 0.15) is 71.6 Å². The van der Waals surface area contributed by atoms with Crippen molar-refractivity contribution in [2.45, 2.75) is 90.8 Å². The lowest BCUT2D eigenvalue weighted by atomic mass is 10.1. The average Bonchev–Trinajstić information content (AvgIpc) is 2.75. The van der Waals surface area contributed by atoms with Crippen LogP contribution >= 0.6 is 0 Å². The van der Waals surface area contributed by atoms with Crippen LogP contribution in [-0.2, 0) is 9.47 Å². The zero-order valence-electron chi connectivity index (χ0n) is 20.3. The number of rotatable bonds is 15. The van der Waals surface area contributed by atoms with Crippen LogP contribution < -0.4 is 5.19 Å². The highest BCUT2D eigenvalue weighted by atomic mass is 28.3. The Morgan fingerprint density at radius 1 is 0.667 bits per heavy atom. The Hall–Kier alpha value is -1.43. The van der Waals surface area contributed by atoms with Crippen LogP contribution in [0.2, 0.25) is 13.1 Å². The summed E-state index contributed by atoms with van der Waals surface area (Å²) in [5.41, 5.74) is 2.81. The van der Waals surface area contributed by atoms with Crippen LogP contribution in [0.3, 0.4) is 0 Å². The molecule has 0 saturated carbocycles. The van der Waals surface area contributed by atoms with E-state index >= 15 is 0 Å². The molecule has 0 unspecified atom stereocenters.